The van der Waals surface area contributed by atoms with Gasteiger partial charge in [-0.15, -0.1) is 0 Å². The molecule has 0 radical (unpaired) electrons. The first-order valence-electron chi connectivity index (χ1n) is 9.22. The molecule has 9 atom stereocenters. The number of carbonyl (C=O) groups is 2. The lowest BCUT2D eigenvalue weighted by molar-refractivity contribution is -0.166. The minimum Gasteiger partial charge on any atom is -0.481 e. The van der Waals surface area contributed by atoms with Crippen LogP contribution < -0.4 is 0 Å². The Labute approximate surface area is 145 Å². The lowest BCUT2D eigenvalue weighted by atomic mass is 9.59. The van der Waals surface area contributed by atoms with Crippen molar-refractivity contribution in [1.29, 1.82) is 0 Å². The van der Waals surface area contributed by atoms with Gasteiger partial charge in [0.15, 0.2) is 0 Å². The molecule has 0 amide bonds. The molecule has 5 aliphatic rings. The molecule has 5 fully saturated rings. The van der Waals surface area contributed by atoms with E-state index in [4.69, 9.17) is 4.74 Å². The van der Waals surface area contributed by atoms with E-state index in [0.29, 0.717) is 19.3 Å². The third-order valence-electron chi connectivity index (χ3n) is 8.60. The van der Waals surface area contributed by atoms with Gasteiger partial charge in [0.05, 0.1) is 23.5 Å². The van der Waals surface area contributed by atoms with Crippen molar-refractivity contribution in [1.82, 2.24) is 0 Å². The normalized spacial score (nSPS) is 58.7. The van der Waals surface area contributed by atoms with Gasteiger partial charge in [0, 0.05) is 17.3 Å². The Morgan fingerprint density at radius 2 is 2.00 bits per heavy atom. The van der Waals surface area contributed by atoms with E-state index in [1.807, 2.05) is 0 Å². The highest BCUT2D eigenvalue weighted by molar-refractivity contribution is 5.85. The lowest BCUT2D eigenvalue weighted by Gasteiger charge is -2.45. The molecule has 4 bridgehead atoms. The Morgan fingerprint density at radius 3 is 2.68 bits per heavy atom. The number of esters is 1. The second kappa shape index (κ2) is 4.29. The first-order valence-corrected chi connectivity index (χ1v) is 9.22. The smallest absolute Gasteiger partial charge is 0.315 e. The molecule has 25 heavy (non-hydrogen) atoms. The van der Waals surface area contributed by atoms with E-state index in [1.54, 1.807) is 6.92 Å². The Balaban J connectivity index is 1.78. The van der Waals surface area contributed by atoms with E-state index in [1.165, 1.54) is 0 Å². The fourth-order valence-corrected chi connectivity index (χ4v) is 7.67. The van der Waals surface area contributed by atoms with Crippen LogP contribution in [-0.2, 0) is 14.3 Å². The number of aliphatic hydroxyl groups excluding tert-OH is 2. The quantitative estimate of drug-likeness (QED) is 0.484. The largest absolute Gasteiger partial charge is 0.481 e. The molecule has 0 aromatic rings. The first-order chi connectivity index (χ1) is 11.7. The maximum Gasteiger partial charge on any atom is 0.315 e. The van der Waals surface area contributed by atoms with Gasteiger partial charge in [0.1, 0.15) is 5.60 Å². The molecule has 1 heterocycles. The molecule has 4 aliphatic carbocycles. The zero-order chi connectivity index (χ0) is 17.9. The fourth-order valence-electron chi connectivity index (χ4n) is 7.67. The number of ether oxygens (including phenoxy) is 1. The number of carboxylic acids is 1. The summed E-state index contributed by atoms with van der Waals surface area (Å²) in [5.41, 5.74) is -2.18. The highest BCUT2D eigenvalue weighted by atomic mass is 16.6. The van der Waals surface area contributed by atoms with E-state index in [2.05, 4.69) is 6.58 Å². The molecule has 0 aromatic heterocycles. The van der Waals surface area contributed by atoms with Crippen LogP contribution in [0.15, 0.2) is 12.2 Å². The minimum atomic E-state index is -1.22. The summed E-state index contributed by atoms with van der Waals surface area (Å²) in [4.78, 5) is 25.2. The number of aliphatic hydroxyl groups is 2. The van der Waals surface area contributed by atoms with Crippen molar-refractivity contribution < 1.29 is 29.6 Å². The van der Waals surface area contributed by atoms with E-state index < -0.39 is 52.4 Å². The van der Waals surface area contributed by atoms with Gasteiger partial charge in [-0.1, -0.05) is 6.58 Å². The SMILES string of the molecule is C=C1[C@@H]2CC[C@H]3[C@@]45CC[C@H](O)[C@@](C)(C(=O)O4)[C@H]5[C@H](C(=O)O)[C@]3(C2)[C@@H]1O. The van der Waals surface area contributed by atoms with Gasteiger partial charge in [0.25, 0.3) is 0 Å². The first kappa shape index (κ1) is 15.8. The summed E-state index contributed by atoms with van der Waals surface area (Å²) in [7, 11) is 0. The predicted octanol–water partition coefficient (Wildman–Crippen LogP) is 1.11. The molecule has 3 N–H and O–H groups in total. The Kier molecular flexibility index (Phi) is 2.71. The number of rotatable bonds is 1. The maximum absolute atomic E-state index is 12.7. The van der Waals surface area contributed by atoms with E-state index in [-0.39, 0.29) is 11.8 Å². The molecule has 0 aromatic carbocycles. The van der Waals surface area contributed by atoms with Gasteiger partial charge < -0.3 is 20.1 Å². The summed E-state index contributed by atoms with van der Waals surface area (Å²) < 4.78 is 5.95. The zero-order valence-corrected chi connectivity index (χ0v) is 14.3. The highest BCUT2D eigenvalue weighted by Gasteiger charge is 2.84. The number of fused-ring (bicyclic) bond motifs is 1. The summed E-state index contributed by atoms with van der Waals surface area (Å²) in [6.45, 7) is 5.71. The van der Waals surface area contributed by atoms with Gasteiger partial charge in [-0.25, -0.2) is 0 Å². The van der Waals surface area contributed by atoms with Crippen LogP contribution in [0, 0.1) is 34.5 Å². The van der Waals surface area contributed by atoms with Gasteiger partial charge in [-0.3, -0.25) is 9.59 Å². The summed E-state index contributed by atoms with van der Waals surface area (Å²) in [5.74, 6) is -3.02. The molecular weight excluding hydrogens is 324 g/mol. The number of hydrogen-bond donors (Lipinski definition) is 3. The van der Waals surface area contributed by atoms with Crippen LogP contribution in [0.1, 0.15) is 39.0 Å². The van der Waals surface area contributed by atoms with Crippen LogP contribution in [-0.4, -0.2) is 45.1 Å². The van der Waals surface area contributed by atoms with E-state index >= 15 is 0 Å². The molecule has 6 nitrogen and oxygen atoms in total. The number of hydrogen-bond acceptors (Lipinski definition) is 5. The minimum absolute atomic E-state index is 0.136. The maximum atomic E-state index is 12.7. The second-order valence-corrected chi connectivity index (χ2v) is 9.10. The summed E-state index contributed by atoms with van der Waals surface area (Å²) in [6, 6.07) is 0. The Bertz CT molecular complexity index is 717. The summed E-state index contributed by atoms with van der Waals surface area (Å²) in [6.07, 6.45) is 1.29. The van der Waals surface area contributed by atoms with Crippen molar-refractivity contribution in [2.24, 2.45) is 34.5 Å². The van der Waals surface area contributed by atoms with Crippen LogP contribution in [0.25, 0.3) is 0 Å². The van der Waals surface area contributed by atoms with Crippen LogP contribution in [0.5, 0.6) is 0 Å². The zero-order valence-electron chi connectivity index (χ0n) is 14.3. The van der Waals surface area contributed by atoms with E-state index in [9.17, 15) is 24.9 Å². The number of carboxylic acid groups (broad SMARTS) is 1. The molecule has 1 spiro atoms. The van der Waals surface area contributed by atoms with Crippen LogP contribution in [0.3, 0.4) is 0 Å². The van der Waals surface area contributed by atoms with Crippen molar-refractivity contribution in [3.63, 3.8) is 0 Å². The molecule has 6 heteroatoms. The highest BCUT2D eigenvalue weighted by Crippen LogP contribution is 2.77. The van der Waals surface area contributed by atoms with Crippen molar-refractivity contribution in [2.45, 2.75) is 56.8 Å². The van der Waals surface area contributed by atoms with Crippen molar-refractivity contribution in [3.05, 3.63) is 12.2 Å². The lowest BCUT2D eigenvalue weighted by Crippen LogP contribution is -2.53. The summed E-state index contributed by atoms with van der Waals surface area (Å²) in [5, 5.41) is 31.9. The predicted molar refractivity (Wildman–Crippen MR) is 85.2 cm³/mol. The monoisotopic (exact) mass is 348 g/mol. The molecule has 5 rings (SSSR count). The van der Waals surface area contributed by atoms with Crippen LogP contribution in [0.2, 0.25) is 0 Å². The van der Waals surface area contributed by atoms with Gasteiger partial charge in [0.2, 0.25) is 0 Å². The van der Waals surface area contributed by atoms with Crippen molar-refractivity contribution >= 4 is 11.9 Å². The Morgan fingerprint density at radius 1 is 1.28 bits per heavy atom. The van der Waals surface area contributed by atoms with Gasteiger partial charge in [-0.2, -0.15) is 0 Å². The summed E-state index contributed by atoms with van der Waals surface area (Å²) >= 11 is 0. The third kappa shape index (κ3) is 1.37. The molecule has 1 saturated heterocycles. The third-order valence-corrected chi connectivity index (χ3v) is 8.60. The Hall–Kier alpha value is -1.40. The standard InChI is InChI=1S/C19H24O6/c1-8-9-3-4-10-18(7-9,14(8)21)12(15(22)23)13-17(2)11(20)5-6-19(10,13)25-16(17)24/h9-14,20-21H,1,3-7H2,2H3,(H,22,23)/t9-,10-,11+,12-,13-,14-,17-,18-,19-/m1/s1. The van der Waals surface area contributed by atoms with Crippen molar-refractivity contribution in [3.8, 4) is 0 Å². The number of aliphatic carboxylic acids is 1. The molecule has 136 valence electrons. The van der Waals surface area contributed by atoms with Gasteiger partial charge >= 0.3 is 11.9 Å². The topological polar surface area (TPSA) is 104 Å². The van der Waals surface area contributed by atoms with E-state index in [0.717, 1.165) is 18.4 Å². The fraction of sp³-hybridized carbons (Fsp3) is 0.789. The van der Waals surface area contributed by atoms with Crippen LogP contribution in [0.4, 0.5) is 0 Å². The average molecular weight is 348 g/mol. The van der Waals surface area contributed by atoms with Crippen LogP contribution >= 0.6 is 0 Å². The number of carbonyl (C=O) groups excluding carboxylic acids is 1. The molecular formula is C19H24O6. The van der Waals surface area contributed by atoms with Crippen molar-refractivity contribution in [2.75, 3.05) is 0 Å². The molecule has 0 unspecified atom stereocenters. The van der Waals surface area contributed by atoms with Gasteiger partial charge in [-0.05, 0) is 50.5 Å². The molecule has 1 aliphatic heterocycles. The average Bonchev–Trinajstić information content (AvgIpc) is 3.00. The molecule has 4 saturated carbocycles. The second-order valence-electron chi connectivity index (χ2n) is 9.10.